The van der Waals surface area contributed by atoms with Crippen LogP contribution in [0.1, 0.15) is 5.56 Å². The van der Waals surface area contributed by atoms with Gasteiger partial charge in [0.25, 0.3) is 0 Å². The number of ether oxygens (including phenoxy) is 1. The maximum atomic E-state index is 13.6. The number of halogens is 1. The van der Waals surface area contributed by atoms with E-state index in [1.165, 1.54) is 13.2 Å². The second-order valence-electron chi connectivity index (χ2n) is 4.68. The molecule has 1 aliphatic rings. The minimum Gasteiger partial charge on any atom is -0.494 e. The summed E-state index contributed by atoms with van der Waals surface area (Å²) < 4.78 is 18.4. The number of thioether (sulfide) groups is 1. The van der Waals surface area contributed by atoms with Crippen LogP contribution in [0.5, 0.6) is 5.75 Å². The fourth-order valence-corrected chi connectivity index (χ4v) is 3.41. The first-order valence-corrected chi connectivity index (χ1v) is 7.40. The summed E-state index contributed by atoms with van der Waals surface area (Å²) in [5.74, 6) is 1.84. The summed E-state index contributed by atoms with van der Waals surface area (Å²) in [5, 5.41) is 0. The molecule has 0 spiro atoms. The Labute approximate surface area is 117 Å². The number of likely N-dealkylation sites (N-methyl/N-ethyl adjacent to an activating group) is 1. The lowest BCUT2D eigenvalue weighted by Gasteiger charge is -2.30. The van der Waals surface area contributed by atoms with E-state index >= 15 is 0 Å². The van der Waals surface area contributed by atoms with Crippen molar-refractivity contribution in [1.29, 1.82) is 0 Å². The van der Waals surface area contributed by atoms with E-state index in [-0.39, 0.29) is 24.0 Å². The van der Waals surface area contributed by atoms with Gasteiger partial charge in [0.1, 0.15) is 0 Å². The Bertz CT molecular complexity index is 467. The lowest BCUT2D eigenvalue weighted by molar-refractivity contribution is -0.122. The number of rotatable bonds is 4. The Morgan fingerprint density at radius 1 is 1.58 bits per heavy atom. The van der Waals surface area contributed by atoms with Crippen LogP contribution in [0.25, 0.3) is 0 Å². The Hall–Kier alpha value is -1.07. The molecule has 1 heterocycles. The fraction of sp³-hybridized carbons (Fsp3) is 0.500. The van der Waals surface area contributed by atoms with Crippen molar-refractivity contribution in [2.75, 3.05) is 32.2 Å². The van der Waals surface area contributed by atoms with Crippen molar-refractivity contribution in [2.45, 2.75) is 12.5 Å². The van der Waals surface area contributed by atoms with Gasteiger partial charge in [0.05, 0.1) is 13.2 Å². The average Bonchev–Trinajstić information content (AvgIpc) is 2.39. The van der Waals surface area contributed by atoms with E-state index in [1.807, 2.05) is 7.05 Å². The monoisotopic (exact) mass is 283 g/mol. The molecule has 1 aromatic rings. The molecule has 2 rings (SSSR count). The number of carbonyl (C=O) groups is 1. The first-order chi connectivity index (χ1) is 9.11. The van der Waals surface area contributed by atoms with Crippen molar-refractivity contribution in [3.63, 3.8) is 0 Å². The summed E-state index contributed by atoms with van der Waals surface area (Å²) in [5.41, 5.74) is 0.701. The average molecular weight is 283 g/mol. The van der Waals surface area contributed by atoms with Crippen LogP contribution in [0.4, 0.5) is 4.39 Å². The van der Waals surface area contributed by atoms with Crippen molar-refractivity contribution in [1.82, 2.24) is 4.90 Å². The van der Waals surface area contributed by atoms with Gasteiger partial charge in [-0.2, -0.15) is 11.8 Å². The molecule has 1 aliphatic heterocycles. The van der Waals surface area contributed by atoms with E-state index in [2.05, 4.69) is 4.90 Å². The number of ketones is 1. The molecule has 1 unspecified atom stereocenters. The number of carbonyl (C=O) groups excluding carboxylic acids is 1. The molecule has 0 N–H and O–H groups in total. The third-order valence-corrected chi connectivity index (χ3v) is 4.39. The molecule has 0 radical (unpaired) electrons. The number of benzene rings is 1. The van der Waals surface area contributed by atoms with Crippen LogP contribution in [0.2, 0.25) is 0 Å². The van der Waals surface area contributed by atoms with Gasteiger partial charge in [-0.25, -0.2) is 4.39 Å². The Kier molecular flexibility index (Phi) is 4.82. The molecule has 0 aliphatic carbocycles. The van der Waals surface area contributed by atoms with Gasteiger partial charge in [0.2, 0.25) is 0 Å². The second-order valence-corrected chi connectivity index (χ2v) is 5.83. The Balaban J connectivity index is 2.04. The fourth-order valence-electron chi connectivity index (χ4n) is 2.16. The highest BCUT2D eigenvalue weighted by atomic mass is 32.2. The van der Waals surface area contributed by atoms with Crippen LogP contribution in [0.3, 0.4) is 0 Å². The zero-order valence-electron chi connectivity index (χ0n) is 11.2. The molecular formula is C14H18FNO2S. The SMILES string of the molecule is COc1ccc(CC(=O)C2CSCCN2C)cc1F. The summed E-state index contributed by atoms with van der Waals surface area (Å²) >= 11 is 1.80. The standard InChI is InChI=1S/C14H18FNO2S/c1-16-5-6-19-9-12(16)13(17)8-10-3-4-14(18-2)11(15)7-10/h3-4,7,12H,5-6,8-9H2,1-2H3. The quantitative estimate of drug-likeness (QED) is 0.845. The van der Waals surface area contributed by atoms with E-state index < -0.39 is 5.82 Å². The van der Waals surface area contributed by atoms with Crippen molar-refractivity contribution in [3.05, 3.63) is 29.6 Å². The smallest absolute Gasteiger partial charge is 0.165 e. The van der Waals surface area contributed by atoms with Crippen LogP contribution in [0, 0.1) is 5.82 Å². The van der Waals surface area contributed by atoms with E-state index in [4.69, 9.17) is 4.74 Å². The molecule has 0 amide bonds. The minimum absolute atomic E-state index is 0.0519. The predicted octanol–water partition coefficient (Wildman–Crippen LogP) is 1.99. The molecule has 3 nitrogen and oxygen atoms in total. The van der Waals surface area contributed by atoms with E-state index in [9.17, 15) is 9.18 Å². The number of methoxy groups -OCH3 is 1. The number of nitrogens with zero attached hydrogens (tertiary/aromatic N) is 1. The normalized spacial score (nSPS) is 20.3. The molecule has 19 heavy (non-hydrogen) atoms. The summed E-state index contributed by atoms with van der Waals surface area (Å²) in [4.78, 5) is 14.3. The number of Topliss-reactive ketones (excluding diaryl/α,β-unsaturated/α-hetero) is 1. The van der Waals surface area contributed by atoms with Crippen LogP contribution in [0.15, 0.2) is 18.2 Å². The van der Waals surface area contributed by atoms with Gasteiger partial charge in [-0.1, -0.05) is 6.07 Å². The molecule has 0 aromatic heterocycles. The minimum atomic E-state index is -0.417. The Morgan fingerprint density at radius 3 is 3.00 bits per heavy atom. The first-order valence-electron chi connectivity index (χ1n) is 6.25. The number of hydrogen-bond acceptors (Lipinski definition) is 4. The van der Waals surface area contributed by atoms with Gasteiger partial charge in [-0.15, -0.1) is 0 Å². The first kappa shape index (κ1) is 14.3. The zero-order chi connectivity index (χ0) is 13.8. The second kappa shape index (κ2) is 6.39. The maximum absolute atomic E-state index is 13.6. The van der Waals surface area contributed by atoms with Crippen molar-refractivity contribution >= 4 is 17.5 Å². The van der Waals surface area contributed by atoms with Crippen molar-refractivity contribution in [2.24, 2.45) is 0 Å². The molecule has 1 aromatic carbocycles. The van der Waals surface area contributed by atoms with Crippen LogP contribution in [-0.2, 0) is 11.2 Å². The van der Waals surface area contributed by atoms with Crippen LogP contribution in [-0.4, -0.2) is 48.9 Å². The topological polar surface area (TPSA) is 29.5 Å². The molecule has 0 saturated carbocycles. The van der Waals surface area contributed by atoms with Gasteiger partial charge in [-0.3, -0.25) is 9.69 Å². The zero-order valence-corrected chi connectivity index (χ0v) is 12.0. The number of hydrogen-bond donors (Lipinski definition) is 0. The largest absolute Gasteiger partial charge is 0.494 e. The molecule has 1 saturated heterocycles. The molecule has 1 fully saturated rings. The third kappa shape index (κ3) is 3.48. The summed E-state index contributed by atoms with van der Waals surface area (Å²) in [7, 11) is 3.40. The molecule has 1 atom stereocenters. The lowest BCUT2D eigenvalue weighted by Crippen LogP contribution is -2.45. The molecule has 104 valence electrons. The molecule has 0 bridgehead atoms. The molecule has 5 heteroatoms. The van der Waals surface area contributed by atoms with Crippen molar-refractivity contribution < 1.29 is 13.9 Å². The summed E-state index contributed by atoms with van der Waals surface area (Å²) in [6, 6.07) is 4.64. The van der Waals surface area contributed by atoms with Crippen LogP contribution < -0.4 is 4.74 Å². The molecular weight excluding hydrogens is 265 g/mol. The summed E-state index contributed by atoms with van der Waals surface area (Å²) in [6.07, 6.45) is 0.274. The van der Waals surface area contributed by atoms with E-state index in [0.717, 1.165) is 18.1 Å². The van der Waals surface area contributed by atoms with Gasteiger partial charge in [0.15, 0.2) is 17.3 Å². The highest BCUT2D eigenvalue weighted by Crippen LogP contribution is 2.20. The maximum Gasteiger partial charge on any atom is 0.165 e. The lowest BCUT2D eigenvalue weighted by atomic mass is 10.0. The van der Waals surface area contributed by atoms with Crippen LogP contribution >= 0.6 is 11.8 Å². The summed E-state index contributed by atoms with van der Waals surface area (Å²) in [6.45, 7) is 0.929. The third-order valence-electron chi connectivity index (χ3n) is 3.36. The predicted molar refractivity (Wildman–Crippen MR) is 75.4 cm³/mol. The van der Waals surface area contributed by atoms with Gasteiger partial charge in [0, 0.05) is 24.5 Å². The van der Waals surface area contributed by atoms with E-state index in [0.29, 0.717) is 5.56 Å². The van der Waals surface area contributed by atoms with Gasteiger partial charge in [-0.05, 0) is 24.7 Å². The Morgan fingerprint density at radius 2 is 2.37 bits per heavy atom. The van der Waals surface area contributed by atoms with Gasteiger partial charge >= 0.3 is 0 Å². The van der Waals surface area contributed by atoms with E-state index in [1.54, 1.807) is 23.9 Å². The highest BCUT2D eigenvalue weighted by molar-refractivity contribution is 7.99. The highest BCUT2D eigenvalue weighted by Gasteiger charge is 2.26. The van der Waals surface area contributed by atoms with Crippen molar-refractivity contribution in [3.8, 4) is 5.75 Å². The van der Waals surface area contributed by atoms with Gasteiger partial charge < -0.3 is 4.74 Å².